The lowest BCUT2D eigenvalue weighted by Crippen LogP contribution is -2.42. The molecule has 0 bridgehead atoms. The Balaban J connectivity index is 2.20. The van der Waals surface area contributed by atoms with Crippen molar-refractivity contribution in [2.45, 2.75) is 39.2 Å². The summed E-state index contributed by atoms with van der Waals surface area (Å²) in [6, 6.07) is 7.61. The normalized spacial score (nSPS) is 12.6. The summed E-state index contributed by atoms with van der Waals surface area (Å²) in [7, 11) is 3.41. The van der Waals surface area contributed by atoms with Crippen LogP contribution in [0.2, 0.25) is 0 Å². The molecule has 142 valence electrons. The molecule has 1 atom stereocenters. The van der Waals surface area contributed by atoms with Crippen LogP contribution in [0.4, 0.5) is 0 Å². The second-order valence-corrected chi connectivity index (χ2v) is 5.81. The van der Waals surface area contributed by atoms with Crippen LogP contribution in [0.3, 0.4) is 0 Å². The van der Waals surface area contributed by atoms with E-state index in [0.29, 0.717) is 6.54 Å². The van der Waals surface area contributed by atoms with Gasteiger partial charge in [-0.3, -0.25) is 4.99 Å². The molecule has 0 saturated heterocycles. The zero-order valence-electron chi connectivity index (χ0n) is 16.0. The highest BCUT2D eigenvalue weighted by Crippen LogP contribution is 2.19. The van der Waals surface area contributed by atoms with Crippen LogP contribution in [0.1, 0.15) is 33.1 Å². The predicted octanol–water partition coefficient (Wildman–Crippen LogP) is 2.83. The molecular formula is C19H33N3O3. The molecule has 0 heterocycles. The van der Waals surface area contributed by atoms with Crippen molar-refractivity contribution in [2.75, 3.05) is 40.5 Å². The van der Waals surface area contributed by atoms with E-state index in [2.05, 4.69) is 22.5 Å². The van der Waals surface area contributed by atoms with Crippen LogP contribution in [-0.2, 0) is 4.74 Å². The Morgan fingerprint density at radius 1 is 1.16 bits per heavy atom. The Labute approximate surface area is 152 Å². The van der Waals surface area contributed by atoms with Gasteiger partial charge in [0.05, 0.1) is 13.7 Å². The predicted molar refractivity (Wildman–Crippen MR) is 103 cm³/mol. The van der Waals surface area contributed by atoms with Gasteiger partial charge in [0.1, 0.15) is 17.6 Å². The van der Waals surface area contributed by atoms with Crippen LogP contribution >= 0.6 is 0 Å². The van der Waals surface area contributed by atoms with Crippen molar-refractivity contribution in [3.05, 3.63) is 24.3 Å². The fourth-order valence-corrected chi connectivity index (χ4v) is 2.14. The van der Waals surface area contributed by atoms with E-state index >= 15 is 0 Å². The van der Waals surface area contributed by atoms with Gasteiger partial charge in [0.25, 0.3) is 0 Å². The van der Waals surface area contributed by atoms with Crippen LogP contribution in [0, 0.1) is 0 Å². The molecule has 6 heteroatoms. The Bertz CT molecular complexity index is 495. The lowest BCUT2D eigenvalue weighted by atomic mass is 10.3. The number of methoxy groups -OCH3 is 1. The van der Waals surface area contributed by atoms with Crippen molar-refractivity contribution < 1.29 is 14.2 Å². The number of hydrogen-bond acceptors (Lipinski definition) is 4. The van der Waals surface area contributed by atoms with E-state index in [1.54, 1.807) is 14.2 Å². The Morgan fingerprint density at radius 2 is 1.92 bits per heavy atom. The first-order valence-corrected chi connectivity index (χ1v) is 9.02. The van der Waals surface area contributed by atoms with Crippen molar-refractivity contribution in [2.24, 2.45) is 4.99 Å². The molecule has 0 spiro atoms. The second kappa shape index (κ2) is 13.4. The number of unbranched alkanes of at least 4 members (excludes halogenated alkanes) is 1. The average Bonchev–Trinajstić information content (AvgIpc) is 2.63. The monoisotopic (exact) mass is 351 g/mol. The average molecular weight is 351 g/mol. The molecule has 0 aliphatic carbocycles. The number of aliphatic imine (C=N–C) groups is 1. The summed E-state index contributed by atoms with van der Waals surface area (Å²) in [5.74, 6) is 2.35. The molecule has 25 heavy (non-hydrogen) atoms. The molecule has 0 radical (unpaired) electrons. The van der Waals surface area contributed by atoms with Crippen LogP contribution in [0.15, 0.2) is 29.3 Å². The number of benzene rings is 1. The summed E-state index contributed by atoms with van der Waals surface area (Å²) in [4.78, 5) is 4.22. The van der Waals surface area contributed by atoms with Crippen LogP contribution in [-0.4, -0.2) is 52.5 Å². The zero-order valence-corrected chi connectivity index (χ0v) is 16.0. The number of rotatable bonds is 12. The summed E-state index contributed by atoms with van der Waals surface area (Å²) in [6.45, 7) is 7.30. The van der Waals surface area contributed by atoms with Gasteiger partial charge in [0.2, 0.25) is 0 Å². The summed E-state index contributed by atoms with van der Waals surface area (Å²) in [5.41, 5.74) is 0. The highest BCUT2D eigenvalue weighted by atomic mass is 16.5. The zero-order chi connectivity index (χ0) is 18.3. The molecule has 0 aromatic heterocycles. The molecular weight excluding hydrogens is 318 g/mol. The summed E-state index contributed by atoms with van der Waals surface area (Å²) < 4.78 is 16.6. The van der Waals surface area contributed by atoms with Crippen molar-refractivity contribution in [3.8, 4) is 11.5 Å². The van der Waals surface area contributed by atoms with Gasteiger partial charge in [0.15, 0.2) is 5.96 Å². The minimum absolute atomic E-state index is 0.00281. The van der Waals surface area contributed by atoms with E-state index in [0.717, 1.165) is 50.1 Å². The highest BCUT2D eigenvalue weighted by molar-refractivity contribution is 5.79. The quantitative estimate of drug-likeness (QED) is 0.344. The van der Waals surface area contributed by atoms with E-state index in [1.807, 2.05) is 31.2 Å². The third-order valence-electron chi connectivity index (χ3n) is 3.56. The van der Waals surface area contributed by atoms with Gasteiger partial charge in [0, 0.05) is 32.9 Å². The third-order valence-corrected chi connectivity index (χ3v) is 3.56. The van der Waals surface area contributed by atoms with Crippen LogP contribution in [0.5, 0.6) is 11.5 Å². The molecule has 1 aromatic carbocycles. The van der Waals surface area contributed by atoms with Crippen molar-refractivity contribution in [1.82, 2.24) is 10.6 Å². The van der Waals surface area contributed by atoms with Crippen molar-refractivity contribution in [3.63, 3.8) is 0 Å². The van der Waals surface area contributed by atoms with Crippen molar-refractivity contribution in [1.29, 1.82) is 0 Å². The maximum Gasteiger partial charge on any atom is 0.191 e. The molecule has 2 N–H and O–H groups in total. The smallest absolute Gasteiger partial charge is 0.191 e. The number of ether oxygens (including phenoxy) is 3. The molecule has 0 fully saturated rings. The number of nitrogens with one attached hydrogen (secondary N) is 2. The van der Waals surface area contributed by atoms with E-state index in [-0.39, 0.29) is 6.10 Å². The van der Waals surface area contributed by atoms with Crippen LogP contribution in [0.25, 0.3) is 0 Å². The Morgan fingerprint density at radius 3 is 2.64 bits per heavy atom. The second-order valence-electron chi connectivity index (χ2n) is 5.81. The fourth-order valence-electron chi connectivity index (χ4n) is 2.14. The minimum Gasteiger partial charge on any atom is -0.497 e. The van der Waals surface area contributed by atoms with E-state index in [1.165, 1.54) is 6.42 Å². The van der Waals surface area contributed by atoms with Crippen LogP contribution < -0.4 is 20.1 Å². The SMILES string of the molecule is CCCCOCCCNC(=NC)NCC(C)Oc1cccc(OC)c1. The lowest BCUT2D eigenvalue weighted by molar-refractivity contribution is 0.129. The van der Waals surface area contributed by atoms with Gasteiger partial charge in [-0.2, -0.15) is 0 Å². The molecule has 0 aliphatic rings. The summed E-state index contributed by atoms with van der Waals surface area (Å²) in [6.07, 6.45) is 3.26. The topological polar surface area (TPSA) is 64.1 Å². The van der Waals surface area contributed by atoms with Gasteiger partial charge in [-0.05, 0) is 31.9 Å². The molecule has 1 unspecified atom stereocenters. The maximum absolute atomic E-state index is 5.89. The van der Waals surface area contributed by atoms with E-state index in [9.17, 15) is 0 Å². The first-order chi connectivity index (χ1) is 12.2. The summed E-state index contributed by atoms with van der Waals surface area (Å²) >= 11 is 0. The first-order valence-electron chi connectivity index (χ1n) is 9.02. The Kier molecular flexibility index (Phi) is 11.3. The van der Waals surface area contributed by atoms with Gasteiger partial charge in [-0.1, -0.05) is 19.4 Å². The van der Waals surface area contributed by atoms with E-state index < -0.39 is 0 Å². The van der Waals surface area contributed by atoms with E-state index in [4.69, 9.17) is 14.2 Å². The highest BCUT2D eigenvalue weighted by Gasteiger charge is 2.06. The molecule has 1 rings (SSSR count). The van der Waals surface area contributed by atoms with Gasteiger partial charge in [-0.15, -0.1) is 0 Å². The molecule has 0 aliphatic heterocycles. The molecule has 0 amide bonds. The van der Waals surface area contributed by atoms with Gasteiger partial charge in [-0.25, -0.2) is 0 Å². The fraction of sp³-hybridized carbons (Fsp3) is 0.632. The summed E-state index contributed by atoms with van der Waals surface area (Å²) in [5, 5.41) is 6.55. The standard InChI is InChI=1S/C19H33N3O3/c1-5-6-12-24-13-8-11-21-19(20-3)22-15-16(2)25-18-10-7-9-17(14-18)23-4/h7,9-10,14,16H,5-6,8,11-13,15H2,1-4H3,(H2,20,21,22). The largest absolute Gasteiger partial charge is 0.497 e. The van der Waals surface area contributed by atoms with Crippen molar-refractivity contribution >= 4 is 5.96 Å². The third kappa shape index (κ3) is 9.82. The first kappa shape index (κ1) is 21.1. The number of guanidine groups is 1. The number of hydrogen-bond donors (Lipinski definition) is 2. The van der Waals surface area contributed by atoms with Gasteiger partial charge < -0.3 is 24.8 Å². The van der Waals surface area contributed by atoms with Gasteiger partial charge >= 0.3 is 0 Å². The number of nitrogens with zero attached hydrogens (tertiary/aromatic N) is 1. The maximum atomic E-state index is 5.89. The lowest BCUT2D eigenvalue weighted by Gasteiger charge is -2.18. The molecule has 0 saturated carbocycles. The Hall–Kier alpha value is -1.95. The molecule has 1 aromatic rings. The molecule has 6 nitrogen and oxygen atoms in total. The minimum atomic E-state index is 0.00281.